The first-order valence-corrected chi connectivity index (χ1v) is 10.6. The molecule has 0 bridgehead atoms. The maximum atomic E-state index is 12.9. The smallest absolute Gasteiger partial charge is 0.409 e. The van der Waals surface area contributed by atoms with Gasteiger partial charge in [0, 0.05) is 36.4 Å². The van der Waals surface area contributed by atoms with Gasteiger partial charge < -0.3 is 14.5 Å². The van der Waals surface area contributed by atoms with Crippen LogP contribution in [-0.4, -0.2) is 49.2 Å². The Labute approximate surface area is 186 Å². The van der Waals surface area contributed by atoms with Crippen molar-refractivity contribution in [1.82, 2.24) is 4.90 Å². The van der Waals surface area contributed by atoms with E-state index in [9.17, 15) is 14.4 Å². The van der Waals surface area contributed by atoms with Gasteiger partial charge in [-0.2, -0.15) is 0 Å². The first kappa shape index (κ1) is 24.1. The van der Waals surface area contributed by atoms with E-state index in [1.165, 1.54) is 11.8 Å². The second kappa shape index (κ2) is 12.5. The molecule has 0 saturated heterocycles. The van der Waals surface area contributed by atoms with Gasteiger partial charge in [-0.3, -0.25) is 4.79 Å². The highest BCUT2D eigenvalue weighted by Gasteiger charge is 2.16. The topological polar surface area (TPSA) is 85.3 Å². The average Bonchev–Trinajstić information content (AvgIpc) is 2.76. The first-order chi connectivity index (χ1) is 14.9. The fraction of sp³-hybridized carbons (Fsp3) is 0.304. The van der Waals surface area contributed by atoms with Gasteiger partial charge in [0.05, 0.1) is 6.61 Å². The molecule has 0 radical (unpaired) electrons. The van der Waals surface area contributed by atoms with Crippen LogP contribution in [0.3, 0.4) is 0 Å². The molecule has 0 N–H and O–H groups in total. The predicted octanol–water partition coefficient (Wildman–Crippen LogP) is 4.81. The van der Waals surface area contributed by atoms with Crippen molar-refractivity contribution in [2.75, 3.05) is 20.7 Å². The van der Waals surface area contributed by atoms with E-state index >= 15 is 0 Å². The molecule has 0 heterocycles. The molecule has 2 aromatic rings. The molecule has 0 unspecified atom stereocenters. The van der Waals surface area contributed by atoms with Gasteiger partial charge in [-0.1, -0.05) is 35.1 Å². The Morgan fingerprint density at radius 1 is 0.935 bits per heavy atom. The van der Waals surface area contributed by atoms with E-state index in [2.05, 4.69) is 5.16 Å². The van der Waals surface area contributed by atoms with Crippen LogP contribution < -0.4 is 0 Å². The maximum absolute atomic E-state index is 12.9. The molecule has 0 spiro atoms. The Balaban J connectivity index is 1.97. The highest BCUT2D eigenvalue weighted by atomic mass is 32.2. The van der Waals surface area contributed by atoms with Gasteiger partial charge in [-0.25, -0.2) is 9.59 Å². The van der Waals surface area contributed by atoms with Crippen molar-refractivity contribution in [1.29, 1.82) is 0 Å². The second-order valence-corrected chi connectivity index (χ2v) is 8.00. The summed E-state index contributed by atoms with van der Waals surface area (Å²) in [6, 6.07) is 17.1. The predicted molar refractivity (Wildman–Crippen MR) is 119 cm³/mol. The molecule has 0 atom stereocenters. The fourth-order valence-electron chi connectivity index (χ4n) is 2.47. The number of ketones is 1. The summed E-state index contributed by atoms with van der Waals surface area (Å²) >= 11 is 1.60. The fourth-order valence-corrected chi connectivity index (χ4v) is 3.31. The number of nitrogens with zero attached hydrogens (tertiary/aromatic N) is 2. The molecule has 0 saturated carbocycles. The van der Waals surface area contributed by atoms with Crippen LogP contribution in [0.15, 0.2) is 69.5 Å². The molecule has 0 aliphatic carbocycles. The molecular formula is C23H26N2O5S. The number of oxime groups is 1. The molecule has 1 amide bonds. The monoisotopic (exact) mass is 442 g/mol. The van der Waals surface area contributed by atoms with E-state index in [-0.39, 0.29) is 18.1 Å². The van der Waals surface area contributed by atoms with Crippen LogP contribution >= 0.6 is 11.8 Å². The highest BCUT2D eigenvalue weighted by Crippen LogP contribution is 2.27. The molecule has 7 nitrogen and oxygen atoms in total. The third-order valence-corrected chi connectivity index (χ3v) is 5.06. The molecule has 164 valence electrons. The molecule has 8 heteroatoms. The second-order valence-electron chi connectivity index (χ2n) is 6.86. The van der Waals surface area contributed by atoms with Gasteiger partial charge in [-0.05, 0) is 55.7 Å². The van der Waals surface area contributed by atoms with Crippen LogP contribution in [0.1, 0.15) is 36.5 Å². The van der Waals surface area contributed by atoms with E-state index in [0.29, 0.717) is 24.8 Å². The first-order valence-electron chi connectivity index (χ1n) is 9.83. The van der Waals surface area contributed by atoms with Gasteiger partial charge in [0.25, 0.3) is 0 Å². The number of Topliss-reactive ketones (excluding diaryl/α,β-unsaturated/α-hetero) is 1. The molecule has 2 aromatic carbocycles. The van der Waals surface area contributed by atoms with Crippen molar-refractivity contribution in [2.24, 2.45) is 5.16 Å². The summed E-state index contributed by atoms with van der Waals surface area (Å²) in [6.45, 7) is 1.46. The summed E-state index contributed by atoms with van der Waals surface area (Å²) in [5, 5.41) is 3.75. The number of unbranched alkanes of at least 4 members (excludes halogenated alkanes) is 1. The van der Waals surface area contributed by atoms with Crippen LogP contribution in [-0.2, 0) is 14.4 Å². The van der Waals surface area contributed by atoms with Gasteiger partial charge in [0.1, 0.15) is 5.71 Å². The third-order valence-electron chi connectivity index (χ3n) is 4.04. The molecule has 2 rings (SSSR count). The van der Waals surface area contributed by atoms with E-state index in [0.717, 1.165) is 9.79 Å². The quantitative estimate of drug-likeness (QED) is 0.173. The van der Waals surface area contributed by atoms with E-state index < -0.39 is 12.1 Å². The summed E-state index contributed by atoms with van der Waals surface area (Å²) < 4.78 is 5.07. The zero-order valence-corrected chi connectivity index (χ0v) is 18.7. The normalized spacial score (nSPS) is 11.0. The Kier molecular flexibility index (Phi) is 9.77. The summed E-state index contributed by atoms with van der Waals surface area (Å²) in [7, 11) is 3.21. The summed E-state index contributed by atoms with van der Waals surface area (Å²) in [4.78, 5) is 43.6. The standard InChI is InChI=1S/C23H26N2O5S/c1-17(26)30-24-21(11-7-8-16-29-23(28)25(2)3)22(27)18-12-14-20(15-13-18)31-19-9-5-4-6-10-19/h4-6,9-10,12-15H,7-8,11,16H2,1-3H3. The van der Waals surface area contributed by atoms with Crippen LogP contribution in [0.25, 0.3) is 0 Å². The van der Waals surface area contributed by atoms with Gasteiger partial charge in [0.2, 0.25) is 5.78 Å². The summed E-state index contributed by atoms with van der Waals surface area (Å²) in [6.07, 6.45) is 0.984. The molecule has 31 heavy (non-hydrogen) atoms. The number of benzene rings is 2. The molecule has 0 fully saturated rings. The van der Waals surface area contributed by atoms with E-state index in [4.69, 9.17) is 9.57 Å². The van der Waals surface area contributed by atoms with Crippen molar-refractivity contribution >= 4 is 35.3 Å². The minimum atomic E-state index is -0.597. The molecule has 0 aliphatic heterocycles. The zero-order valence-electron chi connectivity index (χ0n) is 17.9. The highest BCUT2D eigenvalue weighted by molar-refractivity contribution is 7.99. The van der Waals surface area contributed by atoms with Crippen molar-refractivity contribution in [2.45, 2.75) is 36.0 Å². The Morgan fingerprint density at radius 3 is 2.19 bits per heavy atom. The van der Waals surface area contributed by atoms with E-state index in [1.807, 2.05) is 42.5 Å². The van der Waals surface area contributed by atoms with Crippen LogP contribution in [0, 0.1) is 0 Å². The Bertz CT molecular complexity index is 911. The summed E-state index contributed by atoms with van der Waals surface area (Å²) in [5.41, 5.74) is 0.611. The third kappa shape index (κ3) is 8.64. The van der Waals surface area contributed by atoms with Crippen LogP contribution in [0.2, 0.25) is 0 Å². The number of rotatable bonds is 10. The lowest BCUT2D eigenvalue weighted by Gasteiger charge is -2.11. The van der Waals surface area contributed by atoms with Crippen LogP contribution in [0.4, 0.5) is 4.79 Å². The zero-order chi connectivity index (χ0) is 22.6. The van der Waals surface area contributed by atoms with E-state index in [1.54, 1.807) is 38.0 Å². The van der Waals surface area contributed by atoms with Crippen molar-refractivity contribution in [3.63, 3.8) is 0 Å². The average molecular weight is 443 g/mol. The van der Waals surface area contributed by atoms with Crippen molar-refractivity contribution < 1.29 is 24.0 Å². The van der Waals surface area contributed by atoms with Crippen molar-refractivity contribution in [3.8, 4) is 0 Å². The summed E-state index contributed by atoms with van der Waals surface area (Å²) in [5.74, 6) is -0.900. The Morgan fingerprint density at radius 2 is 1.58 bits per heavy atom. The van der Waals surface area contributed by atoms with Crippen LogP contribution in [0.5, 0.6) is 0 Å². The van der Waals surface area contributed by atoms with Gasteiger partial charge in [-0.15, -0.1) is 0 Å². The minimum Gasteiger partial charge on any atom is -0.449 e. The number of hydrogen-bond acceptors (Lipinski definition) is 7. The lowest BCUT2D eigenvalue weighted by Crippen LogP contribution is -2.23. The molecule has 0 aliphatic rings. The minimum absolute atomic E-state index is 0.151. The maximum Gasteiger partial charge on any atom is 0.409 e. The molecule has 0 aromatic heterocycles. The largest absolute Gasteiger partial charge is 0.449 e. The molecular weight excluding hydrogens is 416 g/mol. The Hall–Kier alpha value is -3.13. The number of ether oxygens (including phenoxy) is 1. The number of carbonyl (C=O) groups excluding carboxylic acids is 3. The van der Waals surface area contributed by atoms with Crippen molar-refractivity contribution in [3.05, 3.63) is 60.2 Å². The lowest BCUT2D eigenvalue weighted by molar-refractivity contribution is -0.140. The van der Waals surface area contributed by atoms with Gasteiger partial charge >= 0.3 is 12.1 Å². The SMILES string of the molecule is CC(=O)ON=C(CCCCOC(=O)N(C)C)C(=O)c1ccc(Sc2ccccc2)cc1. The number of carbonyl (C=O) groups is 3. The van der Waals surface area contributed by atoms with Gasteiger partial charge in [0.15, 0.2) is 0 Å². The lowest BCUT2D eigenvalue weighted by atomic mass is 10.0. The number of hydrogen-bond donors (Lipinski definition) is 0. The number of amides is 1.